The zero-order chi connectivity index (χ0) is 15.7. The standard InChI is InChI=1S/C16H21N3O2S/c1-16-10-8-14(20)18(16)13(9-11-22-2)15(21)19(16)17-12-6-4-3-5-7-12/h3-7,13,17H,8-11H2,1-2H3/t13-,16+/m0/s1. The summed E-state index contributed by atoms with van der Waals surface area (Å²) >= 11 is 1.70. The van der Waals surface area contributed by atoms with Gasteiger partial charge in [0.15, 0.2) is 0 Å². The van der Waals surface area contributed by atoms with Gasteiger partial charge in [-0.25, -0.2) is 5.01 Å². The average molecular weight is 319 g/mol. The van der Waals surface area contributed by atoms with Crippen molar-refractivity contribution in [1.82, 2.24) is 9.91 Å². The summed E-state index contributed by atoms with van der Waals surface area (Å²) in [5.41, 5.74) is 3.51. The van der Waals surface area contributed by atoms with Crippen LogP contribution in [0.1, 0.15) is 26.2 Å². The van der Waals surface area contributed by atoms with Gasteiger partial charge in [-0.2, -0.15) is 11.8 Å². The van der Waals surface area contributed by atoms with Gasteiger partial charge in [0.25, 0.3) is 5.91 Å². The van der Waals surface area contributed by atoms with E-state index in [1.54, 1.807) is 21.7 Å². The number of carbonyl (C=O) groups excluding carboxylic acids is 2. The highest BCUT2D eigenvalue weighted by atomic mass is 32.2. The minimum atomic E-state index is -0.562. The lowest BCUT2D eigenvalue weighted by molar-refractivity contribution is -0.134. The highest BCUT2D eigenvalue weighted by molar-refractivity contribution is 7.98. The number of anilines is 1. The molecule has 0 spiro atoms. The molecule has 0 bridgehead atoms. The van der Waals surface area contributed by atoms with Crippen LogP contribution < -0.4 is 5.43 Å². The molecule has 2 saturated heterocycles. The Kier molecular flexibility index (Phi) is 4.04. The molecule has 6 heteroatoms. The maximum Gasteiger partial charge on any atom is 0.266 e. The zero-order valence-corrected chi connectivity index (χ0v) is 13.7. The second-order valence-electron chi connectivity index (χ2n) is 5.93. The van der Waals surface area contributed by atoms with Gasteiger partial charge in [0, 0.05) is 6.42 Å². The first kappa shape index (κ1) is 15.2. The summed E-state index contributed by atoms with van der Waals surface area (Å²) in [6, 6.07) is 9.29. The molecule has 1 aromatic rings. The molecule has 1 N–H and O–H groups in total. The highest BCUT2D eigenvalue weighted by Gasteiger charge is 2.59. The van der Waals surface area contributed by atoms with Gasteiger partial charge in [-0.1, -0.05) is 18.2 Å². The van der Waals surface area contributed by atoms with Crippen molar-refractivity contribution >= 4 is 29.3 Å². The first-order valence-corrected chi connectivity index (χ1v) is 8.94. The summed E-state index contributed by atoms with van der Waals surface area (Å²) < 4.78 is 0. The van der Waals surface area contributed by atoms with E-state index in [2.05, 4.69) is 5.43 Å². The summed E-state index contributed by atoms with van der Waals surface area (Å²) in [5.74, 6) is 0.947. The van der Waals surface area contributed by atoms with Crippen molar-refractivity contribution < 1.29 is 9.59 Å². The predicted octanol–water partition coefficient (Wildman–Crippen LogP) is 2.32. The molecule has 0 unspecified atom stereocenters. The van der Waals surface area contributed by atoms with Crippen LogP contribution in [0.5, 0.6) is 0 Å². The van der Waals surface area contributed by atoms with Crippen molar-refractivity contribution in [2.45, 2.75) is 37.9 Å². The van der Waals surface area contributed by atoms with E-state index in [0.29, 0.717) is 19.3 Å². The van der Waals surface area contributed by atoms with Crippen molar-refractivity contribution in [3.05, 3.63) is 30.3 Å². The lowest BCUT2D eigenvalue weighted by atomic mass is 10.1. The first-order chi connectivity index (χ1) is 10.6. The number of rotatable bonds is 5. The zero-order valence-electron chi connectivity index (χ0n) is 12.9. The Morgan fingerprint density at radius 3 is 2.73 bits per heavy atom. The third-order valence-corrected chi connectivity index (χ3v) is 5.15. The van der Waals surface area contributed by atoms with E-state index in [-0.39, 0.29) is 17.9 Å². The van der Waals surface area contributed by atoms with Crippen molar-refractivity contribution in [3.8, 4) is 0 Å². The number of hydrazine groups is 1. The fourth-order valence-electron chi connectivity index (χ4n) is 3.38. The molecule has 5 nitrogen and oxygen atoms in total. The van der Waals surface area contributed by atoms with E-state index in [0.717, 1.165) is 11.4 Å². The van der Waals surface area contributed by atoms with Gasteiger partial charge < -0.3 is 4.90 Å². The molecule has 118 valence electrons. The Balaban J connectivity index is 1.89. The van der Waals surface area contributed by atoms with Crippen LogP contribution in [0.3, 0.4) is 0 Å². The molecule has 2 fully saturated rings. The van der Waals surface area contributed by atoms with Gasteiger partial charge in [-0.15, -0.1) is 0 Å². The number of nitrogens with zero attached hydrogens (tertiary/aromatic N) is 2. The Hall–Kier alpha value is -1.69. The number of amides is 2. The minimum absolute atomic E-state index is 0.00606. The maximum atomic E-state index is 12.8. The van der Waals surface area contributed by atoms with Crippen LogP contribution in [0.15, 0.2) is 30.3 Å². The molecule has 2 atom stereocenters. The first-order valence-electron chi connectivity index (χ1n) is 7.55. The van der Waals surface area contributed by atoms with E-state index < -0.39 is 5.66 Å². The van der Waals surface area contributed by atoms with Crippen LogP contribution in [0.2, 0.25) is 0 Å². The second kappa shape index (κ2) is 5.83. The molecular weight excluding hydrogens is 298 g/mol. The van der Waals surface area contributed by atoms with E-state index in [4.69, 9.17) is 0 Å². The Morgan fingerprint density at radius 1 is 1.32 bits per heavy atom. The number of benzene rings is 1. The second-order valence-corrected chi connectivity index (χ2v) is 6.92. The van der Waals surface area contributed by atoms with Gasteiger partial charge >= 0.3 is 0 Å². The van der Waals surface area contributed by atoms with Gasteiger partial charge in [-0.05, 0) is 43.9 Å². The lowest BCUT2D eigenvalue weighted by Crippen LogP contribution is -2.51. The SMILES string of the molecule is CSCC[C@H]1C(=O)N(Nc2ccccc2)[C@]2(C)CCC(=O)N12. The van der Waals surface area contributed by atoms with Crippen LogP contribution in [-0.4, -0.2) is 45.4 Å². The molecule has 0 saturated carbocycles. The average Bonchev–Trinajstić information content (AvgIpc) is 2.93. The van der Waals surface area contributed by atoms with Gasteiger partial charge in [-0.3, -0.25) is 15.0 Å². The predicted molar refractivity (Wildman–Crippen MR) is 88.2 cm³/mol. The summed E-state index contributed by atoms with van der Waals surface area (Å²) in [4.78, 5) is 26.9. The Labute approximate surface area is 135 Å². The number of hydrogen-bond donors (Lipinski definition) is 1. The molecule has 1 aromatic carbocycles. The quantitative estimate of drug-likeness (QED) is 0.905. The number of para-hydroxylation sites is 1. The van der Waals surface area contributed by atoms with E-state index >= 15 is 0 Å². The summed E-state index contributed by atoms with van der Waals surface area (Å²) in [7, 11) is 0. The molecule has 2 aliphatic rings. The number of hydrogen-bond acceptors (Lipinski definition) is 4. The molecule has 2 amide bonds. The fraction of sp³-hybridized carbons (Fsp3) is 0.500. The van der Waals surface area contributed by atoms with Crippen molar-refractivity contribution in [3.63, 3.8) is 0 Å². The Bertz CT molecular complexity index is 580. The van der Waals surface area contributed by atoms with E-state index in [9.17, 15) is 9.59 Å². The van der Waals surface area contributed by atoms with Crippen LogP contribution in [0, 0.1) is 0 Å². The van der Waals surface area contributed by atoms with Crippen LogP contribution >= 0.6 is 11.8 Å². The number of carbonyl (C=O) groups is 2. The van der Waals surface area contributed by atoms with Crippen molar-refractivity contribution in [2.75, 3.05) is 17.4 Å². The summed E-state index contributed by atoms with van der Waals surface area (Å²) in [6.07, 6.45) is 3.90. The molecule has 2 aliphatic heterocycles. The van der Waals surface area contributed by atoms with Gasteiger partial charge in [0.1, 0.15) is 11.7 Å². The fourth-order valence-corrected chi connectivity index (χ4v) is 3.84. The number of fused-ring (bicyclic) bond motifs is 1. The van der Waals surface area contributed by atoms with Crippen LogP contribution in [0.25, 0.3) is 0 Å². The van der Waals surface area contributed by atoms with Gasteiger partial charge in [0.05, 0.1) is 5.69 Å². The van der Waals surface area contributed by atoms with Crippen LogP contribution in [-0.2, 0) is 9.59 Å². The third-order valence-electron chi connectivity index (χ3n) is 4.51. The van der Waals surface area contributed by atoms with E-state index in [1.807, 2.05) is 43.5 Å². The minimum Gasteiger partial charge on any atom is -0.306 e. The molecule has 0 aliphatic carbocycles. The molecule has 3 rings (SSSR count). The number of thioether (sulfide) groups is 1. The molecule has 2 heterocycles. The highest BCUT2D eigenvalue weighted by Crippen LogP contribution is 2.42. The lowest BCUT2D eigenvalue weighted by Gasteiger charge is -2.36. The number of nitrogens with one attached hydrogen (secondary N) is 1. The summed E-state index contributed by atoms with van der Waals surface area (Å²) in [6.45, 7) is 1.98. The van der Waals surface area contributed by atoms with Crippen molar-refractivity contribution in [2.24, 2.45) is 0 Å². The Morgan fingerprint density at radius 2 is 2.05 bits per heavy atom. The molecule has 22 heavy (non-hydrogen) atoms. The topological polar surface area (TPSA) is 52.7 Å². The van der Waals surface area contributed by atoms with Crippen molar-refractivity contribution in [1.29, 1.82) is 0 Å². The maximum absolute atomic E-state index is 12.8. The third kappa shape index (κ3) is 2.35. The normalized spacial score (nSPS) is 27.5. The smallest absolute Gasteiger partial charge is 0.266 e. The largest absolute Gasteiger partial charge is 0.306 e. The van der Waals surface area contributed by atoms with Crippen LogP contribution in [0.4, 0.5) is 5.69 Å². The molecule has 0 aromatic heterocycles. The molecular formula is C16H21N3O2S. The molecule has 0 radical (unpaired) electrons. The summed E-state index contributed by atoms with van der Waals surface area (Å²) in [5, 5.41) is 1.66. The van der Waals surface area contributed by atoms with Gasteiger partial charge in [0.2, 0.25) is 5.91 Å². The monoisotopic (exact) mass is 319 g/mol. The van der Waals surface area contributed by atoms with E-state index in [1.165, 1.54) is 0 Å².